The highest BCUT2D eigenvalue weighted by Crippen LogP contribution is 2.34. The van der Waals surface area contributed by atoms with E-state index < -0.39 is 0 Å². The normalized spacial score (nSPS) is 13.5. The first-order valence-corrected chi connectivity index (χ1v) is 13.1. The van der Waals surface area contributed by atoms with Gasteiger partial charge in [0, 0.05) is 17.4 Å². The number of methoxy groups -OCH3 is 1. The average Bonchev–Trinajstić information content (AvgIpc) is 3.15. The summed E-state index contributed by atoms with van der Waals surface area (Å²) in [6.07, 6.45) is 8.80. The number of carbonyl (C=O) groups is 1. The number of allylic oxidation sites excluding steroid dienone is 3. The van der Waals surface area contributed by atoms with Gasteiger partial charge in [-0.05, 0) is 105 Å². The molecule has 4 rings (SSSR count). The maximum atomic E-state index is 13.2. The predicted octanol–water partition coefficient (Wildman–Crippen LogP) is 8.31. The number of hydrogen-bond acceptors (Lipinski definition) is 4. The van der Waals surface area contributed by atoms with E-state index in [0.717, 1.165) is 22.7 Å². The van der Waals surface area contributed by atoms with Gasteiger partial charge in [-0.15, -0.1) is 0 Å². The van der Waals surface area contributed by atoms with E-state index in [-0.39, 0.29) is 18.0 Å². The number of imidazole rings is 1. The molecule has 190 valence electrons. The predicted molar refractivity (Wildman–Crippen MR) is 148 cm³/mol. The third-order valence-corrected chi connectivity index (χ3v) is 7.05. The maximum absolute atomic E-state index is 13.2. The van der Waals surface area contributed by atoms with Crippen LogP contribution in [-0.2, 0) is 11.2 Å². The number of benzene rings is 2. The van der Waals surface area contributed by atoms with Crippen molar-refractivity contribution in [2.24, 2.45) is 0 Å². The molecule has 36 heavy (non-hydrogen) atoms. The SMILES string of the molecule is C=C(C)SC1=C(C)CCCCC1.COc1ccc(-c2cn(-c3ccc(F)cc3)c(CC(C)=O)n2)cc1. The Morgan fingerprint density at radius 1 is 1.06 bits per heavy atom. The van der Waals surface area contributed by atoms with Crippen LogP contribution in [0.15, 0.2) is 76.7 Å². The largest absolute Gasteiger partial charge is 0.497 e. The van der Waals surface area contributed by atoms with E-state index in [9.17, 15) is 9.18 Å². The molecule has 0 spiro atoms. The standard InChI is InChI=1S/C19H17FN2O2.C11H18S/c1-13(23)11-19-21-18(14-3-9-17(24-2)10-4-14)12-22(19)16-7-5-15(20)6-8-16;1-9(2)12-11-8-6-4-5-7-10(11)3/h3-10,12H,11H2,1-2H3;1,4-8H2,2-3H3. The first-order valence-electron chi connectivity index (χ1n) is 12.3. The summed E-state index contributed by atoms with van der Waals surface area (Å²) in [6.45, 7) is 9.84. The second kappa shape index (κ2) is 13.3. The van der Waals surface area contributed by atoms with Crippen molar-refractivity contribution in [2.45, 2.75) is 59.3 Å². The summed E-state index contributed by atoms with van der Waals surface area (Å²) in [5, 5.41) is 0. The minimum absolute atomic E-state index is 0.0187. The Morgan fingerprint density at radius 3 is 2.33 bits per heavy atom. The highest BCUT2D eigenvalue weighted by Gasteiger charge is 2.13. The summed E-state index contributed by atoms with van der Waals surface area (Å²) in [5.74, 6) is 1.10. The topological polar surface area (TPSA) is 44.1 Å². The number of carbonyl (C=O) groups excluding carboxylic acids is 1. The van der Waals surface area contributed by atoms with Gasteiger partial charge < -0.3 is 9.30 Å². The first kappa shape index (κ1) is 27.5. The molecule has 0 atom stereocenters. The zero-order chi connectivity index (χ0) is 26.1. The fourth-order valence-corrected chi connectivity index (χ4v) is 4.99. The highest BCUT2D eigenvalue weighted by molar-refractivity contribution is 8.06. The molecule has 0 unspecified atom stereocenters. The van der Waals surface area contributed by atoms with Gasteiger partial charge in [0.1, 0.15) is 23.2 Å². The Kier molecular flexibility index (Phi) is 10.1. The second-order valence-corrected chi connectivity index (χ2v) is 10.5. The van der Waals surface area contributed by atoms with Crippen molar-refractivity contribution >= 4 is 17.5 Å². The van der Waals surface area contributed by atoms with Crippen LogP contribution in [0.1, 0.15) is 58.7 Å². The summed E-state index contributed by atoms with van der Waals surface area (Å²) >= 11 is 1.88. The molecule has 0 N–H and O–H groups in total. The summed E-state index contributed by atoms with van der Waals surface area (Å²) in [7, 11) is 1.61. The molecule has 0 bridgehead atoms. The summed E-state index contributed by atoms with van der Waals surface area (Å²) in [6, 6.07) is 13.6. The van der Waals surface area contributed by atoms with Crippen LogP contribution in [0, 0.1) is 5.82 Å². The number of hydrogen-bond donors (Lipinski definition) is 0. The van der Waals surface area contributed by atoms with Gasteiger partial charge in [-0.2, -0.15) is 0 Å². The minimum Gasteiger partial charge on any atom is -0.497 e. The number of Topliss-reactive ketones (excluding diaryl/α,β-unsaturated/α-hetero) is 1. The average molecular weight is 507 g/mol. The van der Waals surface area contributed by atoms with Gasteiger partial charge in [0.2, 0.25) is 0 Å². The van der Waals surface area contributed by atoms with Crippen LogP contribution in [0.25, 0.3) is 16.9 Å². The van der Waals surface area contributed by atoms with E-state index in [0.29, 0.717) is 5.82 Å². The molecule has 0 aliphatic heterocycles. The first-order chi connectivity index (χ1) is 17.3. The van der Waals surface area contributed by atoms with E-state index in [4.69, 9.17) is 4.74 Å². The molecule has 1 aromatic heterocycles. The third-order valence-electron chi connectivity index (χ3n) is 5.91. The van der Waals surface area contributed by atoms with Crippen LogP contribution >= 0.6 is 11.8 Å². The lowest BCUT2D eigenvalue weighted by Crippen LogP contribution is -2.05. The van der Waals surface area contributed by atoms with Gasteiger partial charge in [-0.3, -0.25) is 4.79 Å². The monoisotopic (exact) mass is 506 g/mol. The second-order valence-electron chi connectivity index (χ2n) is 9.06. The highest BCUT2D eigenvalue weighted by atomic mass is 32.2. The quantitative estimate of drug-likeness (QED) is 0.323. The Bertz CT molecular complexity index is 1210. The van der Waals surface area contributed by atoms with Crippen molar-refractivity contribution in [1.29, 1.82) is 0 Å². The summed E-state index contributed by atoms with van der Waals surface area (Å²) < 4.78 is 20.1. The minimum atomic E-state index is -0.303. The Morgan fingerprint density at radius 2 is 1.72 bits per heavy atom. The number of ketones is 1. The molecule has 4 nitrogen and oxygen atoms in total. The van der Waals surface area contributed by atoms with Crippen molar-refractivity contribution in [3.8, 4) is 22.7 Å². The van der Waals surface area contributed by atoms with Crippen LogP contribution in [0.2, 0.25) is 0 Å². The third kappa shape index (κ3) is 7.95. The molecular weight excluding hydrogens is 471 g/mol. The van der Waals surface area contributed by atoms with Crippen molar-refractivity contribution in [1.82, 2.24) is 9.55 Å². The van der Waals surface area contributed by atoms with E-state index in [1.807, 2.05) is 46.8 Å². The van der Waals surface area contributed by atoms with Gasteiger partial charge >= 0.3 is 0 Å². The van der Waals surface area contributed by atoms with Crippen molar-refractivity contribution in [3.63, 3.8) is 0 Å². The maximum Gasteiger partial charge on any atom is 0.137 e. The van der Waals surface area contributed by atoms with E-state index in [1.54, 1.807) is 29.7 Å². The lowest BCUT2D eigenvalue weighted by molar-refractivity contribution is -0.116. The van der Waals surface area contributed by atoms with Crippen LogP contribution in [0.4, 0.5) is 4.39 Å². The molecule has 0 saturated carbocycles. The number of thioether (sulfide) groups is 1. The van der Waals surface area contributed by atoms with Gasteiger partial charge in [-0.1, -0.05) is 30.3 Å². The molecule has 0 saturated heterocycles. The number of rotatable bonds is 7. The Balaban J connectivity index is 0.000000253. The van der Waals surface area contributed by atoms with Crippen molar-refractivity contribution in [2.75, 3.05) is 7.11 Å². The summed E-state index contributed by atoms with van der Waals surface area (Å²) in [4.78, 5) is 18.9. The van der Waals surface area contributed by atoms with Crippen LogP contribution < -0.4 is 4.74 Å². The summed E-state index contributed by atoms with van der Waals surface area (Å²) in [5.41, 5.74) is 4.03. The fourth-order valence-electron chi connectivity index (χ4n) is 4.05. The zero-order valence-electron chi connectivity index (χ0n) is 21.6. The van der Waals surface area contributed by atoms with E-state index in [1.165, 1.54) is 56.1 Å². The molecular formula is C30H35FN2O2S. The molecule has 6 heteroatoms. The molecule has 0 radical (unpaired) electrons. The van der Waals surface area contributed by atoms with Gasteiger partial charge in [-0.25, -0.2) is 9.37 Å². The van der Waals surface area contributed by atoms with Crippen molar-refractivity contribution < 1.29 is 13.9 Å². The molecule has 1 aliphatic carbocycles. The van der Waals surface area contributed by atoms with E-state index >= 15 is 0 Å². The van der Waals surface area contributed by atoms with Gasteiger partial charge in [0.15, 0.2) is 0 Å². The fraction of sp³-hybridized carbons (Fsp3) is 0.333. The Hall–Kier alpha value is -3.12. The van der Waals surface area contributed by atoms with Crippen LogP contribution in [0.3, 0.4) is 0 Å². The lowest BCUT2D eigenvalue weighted by Gasteiger charge is -2.07. The van der Waals surface area contributed by atoms with Crippen LogP contribution in [0.5, 0.6) is 5.75 Å². The number of nitrogens with zero attached hydrogens (tertiary/aromatic N) is 2. The molecule has 1 aliphatic rings. The number of halogens is 1. The molecule has 0 fully saturated rings. The van der Waals surface area contributed by atoms with Crippen molar-refractivity contribution in [3.05, 3.63) is 88.3 Å². The molecule has 1 heterocycles. The number of ether oxygens (including phenoxy) is 1. The van der Waals surface area contributed by atoms with Gasteiger partial charge in [0.05, 0.1) is 19.2 Å². The van der Waals surface area contributed by atoms with Crippen LogP contribution in [-0.4, -0.2) is 22.4 Å². The smallest absolute Gasteiger partial charge is 0.137 e. The molecule has 0 amide bonds. The number of aromatic nitrogens is 2. The van der Waals surface area contributed by atoms with E-state index in [2.05, 4.69) is 25.4 Å². The zero-order valence-corrected chi connectivity index (χ0v) is 22.5. The Labute approximate surface area is 218 Å². The lowest BCUT2D eigenvalue weighted by atomic mass is 10.1. The molecule has 2 aromatic carbocycles. The molecule has 3 aromatic rings. The van der Waals surface area contributed by atoms with Gasteiger partial charge in [0.25, 0.3) is 0 Å².